The molecule has 1 aliphatic rings. The standard InChI is InChI=1S/C11H19NO4/c1-11(8-16-2,10(14)15)12-7-5-3-4-6-9(12)13/h3-8H2,1-2H3,(H,14,15). The lowest BCUT2D eigenvalue weighted by atomic mass is 10.0. The van der Waals surface area contributed by atoms with Crippen LogP contribution in [0, 0.1) is 0 Å². The summed E-state index contributed by atoms with van der Waals surface area (Å²) in [5.41, 5.74) is -1.24. The van der Waals surface area contributed by atoms with Crippen LogP contribution >= 0.6 is 0 Å². The number of hydrogen-bond donors (Lipinski definition) is 1. The average molecular weight is 229 g/mol. The van der Waals surface area contributed by atoms with Crippen molar-refractivity contribution in [3.05, 3.63) is 0 Å². The average Bonchev–Trinajstić information content (AvgIpc) is 2.43. The molecule has 5 nitrogen and oxygen atoms in total. The van der Waals surface area contributed by atoms with Gasteiger partial charge in [-0.3, -0.25) is 4.79 Å². The maximum Gasteiger partial charge on any atom is 0.331 e. The molecule has 1 aliphatic heterocycles. The third-order valence-corrected chi connectivity index (χ3v) is 3.06. The summed E-state index contributed by atoms with van der Waals surface area (Å²) in [7, 11) is 1.45. The maximum absolute atomic E-state index is 11.8. The summed E-state index contributed by atoms with van der Waals surface area (Å²) in [6.45, 7) is 2.07. The van der Waals surface area contributed by atoms with Crippen LogP contribution in [0.15, 0.2) is 0 Å². The van der Waals surface area contributed by atoms with Gasteiger partial charge in [0.25, 0.3) is 0 Å². The Balaban J connectivity index is 2.90. The molecule has 0 saturated carbocycles. The van der Waals surface area contributed by atoms with E-state index in [9.17, 15) is 14.7 Å². The van der Waals surface area contributed by atoms with Crippen molar-refractivity contribution in [3.63, 3.8) is 0 Å². The molecule has 0 aliphatic carbocycles. The Morgan fingerprint density at radius 1 is 1.50 bits per heavy atom. The van der Waals surface area contributed by atoms with Gasteiger partial charge in [0.2, 0.25) is 5.91 Å². The second-order valence-corrected chi connectivity index (χ2v) is 4.37. The molecular formula is C11H19NO4. The van der Waals surface area contributed by atoms with Crippen LogP contribution in [0.1, 0.15) is 32.6 Å². The minimum absolute atomic E-state index is 0.0219. The first-order valence-electron chi connectivity index (χ1n) is 5.55. The van der Waals surface area contributed by atoms with E-state index in [2.05, 4.69) is 0 Å². The molecule has 0 aromatic carbocycles. The third-order valence-electron chi connectivity index (χ3n) is 3.06. The predicted molar refractivity (Wildman–Crippen MR) is 58.1 cm³/mol. The largest absolute Gasteiger partial charge is 0.479 e. The Bertz CT molecular complexity index is 279. The van der Waals surface area contributed by atoms with Crippen LogP contribution in [0.4, 0.5) is 0 Å². The number of amides is 1. The first kappa shape index (κ1) is 13.0. The number of carboxylic acid groups (broad SMARTS) is 1. The van der Waals surface area contributed by atoms with E-state index in [1.165, 1.54) is 12.0 Å². The molecule has 1 amide bonds. The van der Waals surface area contributed by atoms with E-state index in [0.717, 1.165) is 19.3 Å². The van der Waals surface area contributed by atoms with E-state index in [1.807, 2.05) is 0 Å². The number of likely N-dealkylation sites (tertiary alicyclic amines) is 1. The fourth-order valence-corrected chi connectivity index (χ4v) is 2.04. The van der Waals surface area contributed by atoms with Crippen LogP contribution in [0.3, 0.4) is 0 Å². The number of carbonyl (C=O) groups is 2. The van der Waals surface area contributed by atoms with Crippen molar-refractivity contribution in [2.75, 3.05) is 20.3 Å². The van der Waals surface area contributed by atoms with Gasteiger partial charge in [-0.25, -0.2) is 4.79 Å². The minimum atomic E-state index is -1.24. The van der Waals surface area contributed by atoms with E-state index in [0.29, 0.717) is 13.0 Å². The number of rotatable bonds is 4. The first-order chi connectivity index (χ1) is 7.52. The monoisotopic (exact) mass is 229 g/mol. The molecule has 1 saturated heterocycles. The second-order valence-electron chi connectivity index (χ2n) is 4.37. The van der Waals surface area contributed by atoms with Crippen molar-refractivity contribution in [2.24, 2.45) is 0 Å². The zero-order valence-electron chi connectivity index (χ0n) is 9.86. The van der Waals surface area contributed by atoms with Crippen molar-refractivity contribution in [1.82, 2.24) is 4.90 Å². The van der Waals surface area contributed by atoms with Gasteiger partial charge in [0.05, 0.1) is 6.61 Å². The number of ether oxygens (including phenoxy) is 1. The van der Waals surface area contributed by atoms with Gasteiger partial charge in [0, 0.05) is 20.1 Å². The topological polar surface area (TPSA) is 66.8 Å². The van der Waals surface area contributed by atoms with E-state index in [1.54, 1.807) is 6.92 Å². The van der Waals surface area contributed by atoms with Gasteiger partial charge in [0.1, 0.15) is 0 Å². The molecule has 92 valence electrons. The molecule has 0 spiro atoms. The van der Waals surface area contributed by atoms with E-state index < -0.39 is 11.5 Å². The van der Waals surface area contributed by atoms with Crippen LogP contribution in [0.5, 0.6) is 0 Å². The summed E-state index contributed by atoms with van der Waals surface area (Å²) in [4.78, 5) is 24.6. The summed E-state index contributed by atoms with van der Waals surface area (Å²) in [5, 5.41) is 9.25. The van der Waals surface area contributed by atoms with Crippen molar-refractivity contribution in [3.8, 4) is 0 Å². The Hall–Kier alpha value is -1.10. The number of methoxy groups -OCH3 is 1. The van der Waals surface area contributed by atoms with Gasteiger partial charge < -0.3 is 14.7 Å². The number of nitrogens with zero attached hydrogens (tertiary/aromatic N) is 1. The van der Waals surface area contributed by atoms with Crippen LogP contribution in [-0.2, 0) is 14.3 Å². The van der Waals surface area contributed by atoms with Gasteiger partial charge in [-0.1, -0.05) is 6.42 Å². The molecule has 1 fully saturated rings. The number of hydrogen-bond acceptors (Lipinski definition) is 3. The van der Waals surface area contributed by atoms with Crippen LogP contribution in [-0.4, -0.2) is 47.7 Å². The molecule has 1 atom stereocenters. The fraction of sp³-hybridized carbons (Fsp3) is 0.818. The highest BCUT2D eigenvalue weighted by Gasteiger charge is 2.42. The van der Waals surface area contributed by atoms with Gasteiger partial charge in [-0.15, -0.1) is 0 Å². The molecule has 1 rings (SSSR count). The molecule has 1 N–H and O–H groups in total. The number of carbonyl (C=O) groups excluding carboxylic acids is 1. The maximum atomic E-state index is 11.8. The van der Waals surface area contributed by atoms with E-state index in [4.69, 9.17) is 4.74 Å². The smallest absolute Gasteiger partial charge is 0.331 e. The molecule has 0 bridgehead atoms. The Morgan fingerprint density at radius 2 is 2.19 bits per heavy atom. The zero-order valence-corrected chi connectivity index (χ0v) is 9.86. The van der Waals surface area contributed by atoms with Crippen molar-refractivity contribution in [1.29, 1.82) is 0 Å². The number of carboxylic acids is 1. The molecule has 5 heteroatoms. The summed E-state index contributed by atoms with van der Waals surface area (Å²) in [5.74, 6) is -1.09. The molecule has 1 unspecified atom stereocenters. The molecule has 0 aromatic rings. The Labute approximate surface area is 95.4 Å². The highest BCUT2D eigenvalue weighted by atomic mass is 16.5. The molecule has 0 aromatic heterocycles. The van der Waals surface area contributed by atoms with Gasteiger partial charge >= 0.3 is 5.97 Å². The Kier molecular flexibility index (Phi) is 4.29. The highest BCUT2D eigenvalue weighted by Crippen LogP contribution is 2.22. The van der Waals surface area contributed by atoms with Gasteiger partial charge in [0.15, 0.2) is 5.54 Å². The van der Waals surface area contributed by atoms with Crippen LogP contribution < -0.4 is 0 Å². The summed E-state index contributed by atoms with van der Waals surface area (Å²) >= 11 is 0. The fourth-order valence-electron chi connectivity index (χ4n) is 2.04. The summed E-state index contributed by atoms with van der Waals surface area (Å²) in [6, 6.07) is 0. The predicted octanol–water partition coefficient (Wildman–Crippen LogP) is 0.879. The summed E-state index contributed by atoms with van der Waals surface area (Å²) in [6.07, 6.45) is 3.12. The second kappa shape index (κ2) is 5.30. The third kappa shape index (κ3) is 2.52. The lowest BCUT2D eigenvalue weighted by Crippen LogP contribution is -2.57. The minimum Gasteiger partial charge on any atom is -0.479 e. The first-order valence-corrected chi connectivity index (χ1v) is 5.55. The van der Waals surface area contributed by atoms with Crippen molar-refractivity contribution in [2.45, 2.75) is 38.1 Å². The van der Waals surface area contributed by atoms with Gasteiger partial charge in [-0.05, 0) is 19.8 Å². The highest BCUT2D eigenvalue weighted by molar-refractivity contribution is 5.87. The molecular weight excluding hydrogens is 210 g/mol. The number of aliphatic carboxylic acids is 1. The van der Waals surface area contributed by atoms with Crippen LogP contribution in [0.25, 0.3) is 0 Å². The summed E-state index contributed by atoms with van der Waals surface area (Å²) < 4.78 is 4.94. The normalized spacial score (nSPS) is 21.4. The van der Waals surface area contributed by atoms with Crippen molar-refractivity contribution < 1.29 is 19.4 Å². The lowest BCUT2D eigenvalue weighted by molar-refractivity contribution is -0.161. The quantitative estimate of drug-likeness (QED) is 0.777. The van der Waals surface area contributed by atoms with E-state index >= 15 is 0 Å². The van der Waals surface area contributed by atoms with Gasteiger partial charge in [-0.2, -0.15) is 0 Å². The Morgan fingerprint density at radius 3 is 2.75 bits per heavy atom. The van der Waals surface area contributed by atoms with Crippen LogP contribution in [0.2, 0.25) is 0 Å². The molecule has 1 heterocycles. The molecule has 0 radical (unpaired) electrons. The zero-order chi connectivity index (χ0) is 12.2. The molecule has 16 heavy (non-hydrogen) atoms. The van der Waals surface area contributed by atoms with E-state index in [-0.39, 0.29) is 12.5 Å². The SMILES string of the molecule is COCC(C)(C(=O)O)N1CCCCCC1=O. The van der Waals surface area contributed by atoms with Crippen molar-refractivity contribution >= 4 is 11.9 Å². The lowest BCUT2D eigenvalue weighted by Gasteiger charge is -2.36.